The van der Waals surface area contributed by atoms with E-state index >= 15 is 0 Å². The van der Waals surface area contributed by atoms with E-state index in [1.54, 1.807) is 6.07 Å². The first-order chi connectivity index (χ1) is 13.0. The molecule has 0 aliphatic rings. The zero-order chi connectivity index (χ0) is 20.9. The highest BCUT2D eigenvalue weighted by molar-refractivity contribution is 8.00. The summed E-state index contributed by atoms with van der Waals surface area (Å²) in [5.41, 5.74) is 2.23. The third-order valence-electron chi connectivity index (χ3n) is 4.02. The lowest BCUT2D eigenvalue weighted by Gasteiger charge is -2.18. The van der Waals surface area contributed by atoms with Crippen LogP contribution in [0, 0.1) is 12.3 Å². The van der Waals surface area contributed by atoms with Crippen molar-refractivity contribution in [2.75, 3.05) is 10.6 Å². The maximum Gasteiger partial charge on any atom is 0.237 e. The third-order valence-corrected chi connectivity index (χ3v) is 5.52. The van der Waals surface area contributed by atoms with Gasteiger partial charge >= 0.3 is 0 Å². The van der Waals surface area contributed by atoms with Gasteiger partial charge in [0.1, 0.15) is 0 Å². The summed E-state index contributed by atoms with van der Waals surface area (Å²) in [4.78, 5) is 25.6. The van der Waals surface area contributed by atoms with Gasteiger partial charge < -0.3 is 10.6 Å². The van der Waals surface area contributed by atoms with Gasteiger partial charge in [0.15, 0.2) is 0 Å². The Morgan fingerprint density at radius 2 is 1.79 bits per heavy atom. The normalized spacial score (nSPS) is 12.4. The average molecular weight is 419 g/mol. The second-order valence-electron chi connectivity index (χ2n) is 7.98. The van der Waals surface area contributed by atoms with Crippen molar-refractivity contribution in [3.8, 4) is 0 Å². The fourth-order valence-electron chi connectivity index (χ4n) is 2.57. The topological polar surface area (TPSA) is 58.2 Å². The maximum atomic E-state index is 12.6. The summed E-state index contributed by atoms with van der Waals surface area (Å²) in [6.45, 7) is 9.81. The van der Waals surface area contributed by atoms with Gasteiger partial charge in [0, 0.05) is 27.7 Å². The van der Waals surface area contributed by atoms with E-state index in [-0.39, 0.29) is 22.5 Å². The molecule has 0 bridgehead atoms. The van der Waals surface area contributed by atoms with Crippen LogP contribution in [0.25, 0.3) is 0 Å². The van der Waals surface area contributed by atoms with E-state index in [4.69, 9.17) is 11.6 Å². The van der Waals surface area contributed by atoms with Gasteiger partial charge in [0.25, 0.3) is 0 Å². The zero-order valence-corrected chi connectivity index (χ0v) is 18.5. The smallest absolute Gasteiger partial charge is 0.237 e. The lowest BCUT2D eigenvalue weighted by molar-refractivity contribution is -0.118. The van der Waals surface area contributed by atoms with Crippen LogP contribution in [0.15, 0.2) is 47.4 Å². The molecule has 4 nitrogen and oxygen atoms in total. The Hall–Kier alpha value is -1.98. The van der Waals surface area contributed by atoms with Crippen molar-refractivity contribution in [3.05, 3.63) is 53.1 Å². The molecule has 2 rings (SSSR count). The van der Waals surface area contributed by atoms with E-state index < -0.39 is 0 Å². The Bertz CT molecular complexity index is 862. The molecular formula is C22H27ClN2O2S. The number of hydrogen-bond acceptors (Lipinski definition) is 3. The maximum absolute atomic E-state index is 12.6. The van der Waals surface area contributed by atoms with Crippen molar-refractivity contribution in [3.63, 3.8) is 0 Å². The molecule has 6 heteroatoms. The number of rotatable bonds is 6. The molecule has 0 spiro atoms. The first-order valence-corrected chi connectivity index (χ1v) is 10.4. The number of benzene rings is 2. The van der Waals surface area contributed by atoms with Crippen LogP contribution in [0.4, 0.5) is 11.4 Å². The Balaban J connectivity index is 1.99. The summed E-state index contributed by atoms with van der Waals surface area (Å²) in [5.74, 6) is -0.116. The standard InChI is InChI=1S/C22H27ClN2O2S/c1-14-18(23)10-7-11-19(14)25-21(27)15(2)28-17-9-6-8-16(12-17)24-20(26)13-22(3,4)5/h6-12,15H,13H2,1-5H3,(H,24,26)(H,25,27). The molecule has 28 heavy (non-hydrogen) atoms. The first-order valence-electron chi connectivity index (χ1n) is 9.18. The number of anilines is 2. The predicted molar refractivity (Wildman–Crippen MR) is 119 cm³/mol. The minimum absolute atomic E-state index is 0.0168. The molecule has 0 fully saturated rings. The Kier molecular flexibility index (Phi) is 7.55. The lowest BCUT2D eigenvalue weighted by atomic mass is 9.92. The molecule has 1 unspecified atom stereocenters. The Labute approximate surface area is 176 Å². The summed E-state index contributed by atoms with van der Waals surface area (Å²) in [5, 5.41) is 6.17. The molecule has 2 N–H and O–H groups in total. The summed E-state index contributed by atoms with van der Waals surface area (Å²) in [7, 11) is 0. The van der Waals surface area contributed by atoms with Gasteiger partial charge in [-0.25, -0.2) is 0 Å². The largest absolute Gasteiger partial charge is 0.326 e. The predicted octanol–water partition coefficient (Wildman–Crippen LogP) is 6.14. The average Bonchev–Trinajstić information content (AvgIpc) is 2.57. The molecule has 2 aromatic carbocycles. The van der Waals surface area contributed by atoms with Gasteiger partial charge in [-0.15, -0.1) is 11.8 Å². The van der Waals surface area contributed by atoms with Crippen molar-refractivity contribution < 1.29 is 9.59 Å². The van der Waals surface area contributed by atoms with Gasteiger partial charge in [0.05, 0.1) is 5.25 Å². The number of nitrogens with one attached hydrogen (secondary N) is 2. The van der Waals surface area contributed by atoms with E-state index in [1.807, 2.05) is 71.0 Å². The van der Waals surface area contributed by atoms with Crippen LogP contribution in [0.3, 0.4) is 0 Å². The van der Waals surface area contributed by atoms with E-state index in [2.05, 4.69) is 10.6 Å². The van der Waals surface area contributed by atoms with Crippen molar-refractivity contribution in [1.29, 1.82) is 0 Å². The number of amides is 2. The minimum atomic E-state index is -0.307. The van der Waals surface area contributed by atoms with Crippen molar-refractivity contribution >= 4 is 46.6 Å². The number of thioether (sulfide) groups is 1. The number of carbonyl (C=O) groups excluding carboxylic acids is 2. The number of halogens is 1. The fraction of sp³-hybridized carbons (Fsp3) is 0.364. The second kappa shape index (κ2) is 9.48. The molecule has 0 radical (unpaired) electrons. The fourth-order valence-corrected chi connectivity index (χ4v) is 3.67. The molecule has 0 heterocycles. The highest BCUT2D eigenvalue weighted by Gasteiger charge is 2.18. The summed E-state index contributed by atoms with van der Waals surface area (Å²) >= 11 is 7.55. The molecule has 0 aliphatic heterocycles. The van der Waals surface area contributed by atoms with Crippen molar-refractivity contribution in [2.24, 2.45) is 5.41 Å². The quantitative estimate of drug-likeness (QED) is 0.553. The van der Waals surface area contributed by atoms with Crippen molar-refractivity contribution in [1.82, 2.24) is 0 Å². The second-order valence-corrected chi connectivity index (χ2v) is 9.80. The lowest BCUT2D eigenvalue weighted by Crippen LogP contribution is -2.23. The van der Waals surface area contributed by atoms with Crippen LogP contribution < -0.4 is 10.6 Å². The van der Waals surface area contributed by atoms with E-state index in [0.29, 0.717) is 17.1 Å². The SMILES string of the molecule is Cc1c(Cl)cccc1NC(=O)C(C)Sc1cccc(NC(=O)CC(C)(C)C)c1. The van der Waals surface area contributed by atoms with Crippen LogP contribution in [-0.2, 0) is 9.59 Å². The highest BCUT2D eigenvalue weighted by Crippen LogP contribution is 2.28. The number of hydrogen-bond donors (Lipinski definition) is 2. The Morgan fingerprint density at radius 1 is 1.11 bits per heavy atom. The highest BCUT2D eigenvalue weighted by atomic mass is 35.5. The van der Waals surface area contributed by atoms with Gasteiger partial charge in [-0.3, -0.25) is 9.59 Å². The van der Waals surface area contributed by atoms with Crippen LogP contribution in [0.5, 0.6) is 0 Å². The molecule has 150 valence electrons. The first kappa shape index (κ1) is 22.3. The monoisotopic (exact) mass is 418 g/mol. The van der Waals surface area contributed by atoms with Gasteiger partial charge in [-0.1, -0.05) is 44.5 Å². The van der Waals surface area contributed by atoms with Crippen LogP contribution in [0.1, 0.15) is 39.7 Å². The van der Waals surface area contributed by atoms with E-state index in [0.717, 1.165) is 16.1 Å². The molecular weight excluding hydrogens is 392 g/mol. The van der Waals surface area contributed by atoms with Crippen molar-refractivity contribution in [2.45, 2.75) is 51.2 Å². The third kappa shape index (κ3) is 6.88. The van der Waals surface area contributed by atoms with Gasteiger partial charge in [-0.2, -0.15) is 0 Å². The summed E-state index contributed by atoms with van der Waals surface area (Å²) < 4.78 is 0. The van der Waals surface area contributed by atoms with E-state index in [1.165, 1.54) is 11.8 Å². The summed E-state index contributed by atoms with van der Waals surface area (Å²) in [6, 6.07) is 13.0. The minimum Gasteiger partial charge on any atom is -0.326 e. The molecule has 1 atom stereocenters. The van der Waals surface area contributed by atoms with Gasteiger partial charge in [0.2, 0.25) is 11.8 Å². The van der Waals surface area contributed by atoms with Crippen LogP contribution in [0.2, 0.25) is 5.02 Å². The van der Waals surface area contributed by atoms with Gasteiger partial charge in [-0.05, 0) is 55.2 Å². The van der Waals surface area contributed by atoms with E-state index in [9.17, 15) is 9.59 Å². The molecule has 0 saturated heterocycles. The van der Waals surface area contributed by atoms with Crippen LogP contribution in [-0.4, -0.2) is 17.1 Å². The molecule has 2 amide bonds. The molecule has 0 aliphatic carbocycles. The molecule has 0 saturated carbocycles. The summed E-state index contributed by atoms with van der Waals surface area (Å²) in [6.07, 6.45) is 0.447. The molecule has 2 aromatic rings. The number of carbonyl (C=O) groups is 2. The zero-order valence-electron chi connectivity index (χ0n) is 16.9. The van der Waals surface area contributed by atoms with Crippen LogP contribution >= 0.6 is 23.4 Å². The molecule has 0 aromatic heterocycles. The Morgan fingerprint density at radius 3 is 2.46 bits per heavy atom.